The summed E-state index contributed by atoms with van der Waals surface area (Å²) in [6.45, 7) is 0. The maximum atomic E-state index is 7.41. The van der Waals surface area contributed by atoms with Gasteiger partial charge < -0.3 is 10.7 Å². The van der Waals surface area contributed by atoms with Crippen molar-refractivity contribution >= 4 is 5.84 Å². The van der Waals surface area contributed by atoms with E-state index in [1.165, 1.54) is 0 Å². The van der Waals surface area contributed by atoms with Crippen molar-refractivity contribution in [3.63, 3.8) is 0 Å². The normalized spacial score (nSPS) is 10.0. The smallest absolute Gasteiger partial charge is 0.138 e. The zero-order valence-electron chi connectivity index (χ0n) is 7.49. The molecule has 70 valence electrons. The third-order valence-corrected chi connectivity index (χ3v) is 1.97. The third-order valence-electron chi connectivity index (χ3n) is 1.97. The van der Waals surface area contributed by atoms with Gasteiger partial charge in [-0.05, 0) is 0 Å². The molecule has 0 saturated heterocycles. The quantitative estimate of drug-likeness (QED) is 0.489. The van der Waals surface area contributed by atoms with Crippen molar-refractivity contribution in [2.75, 3.05) is 0 Å². The summed E-state index contributed by atoms with van der Waals surface area (Å²) in [5.41, 5.74) is 7.01. The van der Waals surface area contributed by atoms with Gasteiger partial charge in [0.25, 0.3) is 0 Å². The number of H-pyrrole nitrogens is 1. The molecular formula is C10H10N4. The van der Waals surface area contributed by atoms with E-state index in [0.29, 0.717) is 5.56 Å². The number of benzene rings is 1. The molecule has 2 aromatic rings. The molecule has 0 aliphatic carbocycles. The average Bonchev–Trinajstić information content (AvgIpc) is 2.70. The molecule has 1 aromatic carbocycles. The van der Waals surface area contributed by atoms with Crippen LogP contribution >= 0.6 is 0 Å². The van der Waals surface area contributed by atoms with Crippen molar-refractivity contribution < 1.29 is 0 Å². The van der Waals surface area contributed by atoms with Crippen molar-refractivity contribution in [1.82, 2.24) is 9.97 Å². The molecule has 0 unspecified atom stereocenters. The molecule has 0 atom stereocenters. The predicted octanol–water partition coefficient (Wildman–Crippen LogP) is 1.36. The maximum absolute atomic E-state index is 7.41. The summed E-state index contributed by atoms with van der Waals surface area (Å²) < 4.78 is 0. The van der Waals surface area contributed by atoms with Crippen LogP contribution in [0.25, 0.3) is 11.4 Å². The Bertz CT molecular complexity index is 445. The van der Waals surface area contributed by atoms with Gasteiger partial charge in [-0.3, -0.25) is 5.41 Å². The monoisotopic (exact) mass is 186 g/mol. The average molecular weight is 186 g/mol. The zero-order valence-corrected chi connectivity index (χ0v) is 7.49. The van der Waals surface area contributed by atoms with Crippen LogP contribution < -0.4 is 5.73 Å². The first kappa shape index (κ1) is 8.50. The van der Waals surface area contributed by atoms with Crippen LogP contribution in [0.5, 0.6) is 0 Å². The highest BCUT2D eigenvalue weighted by Crippen LogP contribution is 2.18. The van der Waals surface area contributed by atoms with Gasteiger partial charge in [-0.15, -0.1) is 0 Å². The van der Waals surface area contributed by atoms with Gasteiger partial charge in [0, 0.05) is 23.5 Å². The lowest BCUT2D eigenvalue weighted by Crippen LogP contribution is -2.12. The third kappa shape index (κ3) is 1.37. The molecule has 4 nitrogen and oxygen atoms in total. The second-order valence-corrected chi connectivity index (χ2v) is 2.90. The van der Waals surface area contributed by atoms with Crippen LogP contribution in [0, 0.1) is 5.41 Å². The lowest BCUT2D eigenvalue weighted by atomic mass is 10.1. The number of aromatic amines is 1. The van der Waals surface area contributed by atoms with Crippen LogP contribution in [0.1, 0.15) is 5.56 Å². The highest BCUT2D eigenvalue weighted by Gasteiger charge is 2.07. The standard InChI is InChI=1S/C10H10N4/c11-9(12)7-3-1-2-4-8(7)10-13-5-6-14-10/h1-6H,(H3,11,12)(H,13,14). The number of hydrogen-bond acceptors (Lipinski definition) is 2. The summed E-state index contributed by atoms with van der Waals surface area (Å²) in [7, 11) is 0. The van der Waals surface area contributed by atoms with E-state index in [4.69, 9.17) is 11.1 Å². The zero-order chi connectivity index (χ0) is 9.97. The number of rotatable bonds is 2. The predicted molar refractivity (Wildman–Crippen MR) is 55.0 cm³/mol. The van der Waals surface area contributed by atoms with Crippen LogP contribution in [-0.2, 0) is 0 Å². The first-order chi connectivity index (χ1) is 6.79. The fourth-order valence-electron chi connectivity index (χ4n) is 1.34. The van der Waals surface area contributed by atoms with Gasteiger partial charge in [-0.2, -0.15) is 0 Å². The topological polar surface area (TPSA) is 78.6 Å². The molecule has 1 heterocycles. The number of amidine groups is 1. The van der Waals surface area contributed by atoms with Gasteiger partial charge in [0.2, 0.25) is 0 Å². The second kappa shape index (κ2) is 3.33. The Balaban J connectivity index is 2.58. The molecule has 0 saturated carbocycles. The minimum Gasteiger partial charge on any atom is -0.384 e. The van der Waals surface area contributed by atoms with E-state index in [1.54, 1.807) is 18.5 Å². The summed E-state index contributed by atoms with van der Waals surface area (Å²) in [5, 5.41) is 7.41. The molecule has 0 aliphatic heterocycles. The molecule has 4 heteroatoms. The number of imidazole rings is 1. The van der Waals surface area contributed by atoms with Crippen LogP contribution in [0.3, 0.4) is 0 Å². The lowest BCUT2D eigenvalue weighted by Gasteiger charge is -2.04. The van der Waals surface area contributed by atoms with E-state index in [2.05, 4.69) is 9.97 Å². The number of nitrogen functional groups attached to an aromatic ring is 1. The summed E-state index contributed by atoms with van der Waals surface area (Å²) in [4.78, 5) is 7.11. The Kier molecular flexibility index (Phi) is 2.02. The Morgan fingerprint density at radius 2 is 2.14 bits per heavy atom. The summed E-state index contributed by atoms with van der Waals surface area (Å²) in [6.07, 6.45) is 3.42. The molecular weight excluding hydrogens is 176 g/mol. The highest BCUT2D eigenvalue weighted by atomic mass is 14.9. The molecule has 0 radical (unpaired) electrons. The van der Waals surface area contributed by atoms with Crippen molar-refractivity contribution in [3.05, 3.63) is 42.2 Å². The van der Waals surface area contributed by atoms with Crippen LogP contribution in [-0.4, -0.2) is 15.8 Å². The van der Waals surface area contributed by atoms with Gasteiger partial charge in [-0.25, -0.2) is 4.98 Å². The fourth-order valence-corrected chi connectivity index (χ4v) is 1.34. The molecule has 1 aromatic heterocycles. The van der Waals surface area contributed by atoms with Gasteiger partial charge in [0.1, 0.15) is 11.7 Å². The minimum absolute atomic E-state index is 0.0528. The van der Waals surface area contributed by atoms with Crippen LogP contribution in [0.2, 0.25) is 0 Å². The minimum atomic E-state index is 0.0528. The van der Waals surface area contributed by atoms with E-state index in [9.17, 15) is 0 Å². The van der Waals surface area contributed by atoms with Crippen molar-refractivity contribution in [2.24, 2.45) is 5.73 Å². The van der Waals surface area contributed by atoms with Crippen LogP contribution in [0.4, 0.5) is 0 Å². The van der Waals surface area contributed by atoms with E-state index >= 15 is 0 Å². The molecule has 14 heavy (non-hydrogen) atoms. The second-order valence-electron chi connectivity index (χ2n) is 2.90. The Morgan fingerprint density at radius 3 is 2.79 bits per heavy atom. The SMILES string of the molecule is N=C(N)c1ccccc1-c1ncc[nH]1. The largest absolute Gasteiger partial charge is 0.384 e. The van der Waals surface area contributed by atoms with Gasteiger partial charge >= 0.3 is 0 Å². The van der Waals surface area contributed by atoms with Crippen molar-refractivity contribution in [1.29, 1.82) is 5.41 Å². The molecule has 4 N–H and O–H groups in total. The lowest BCUT2D eigenvalue weighted by molar-refractivity contribution is 1.30. The Labute approximate surface area is 81.3 Å². The van der Waals surface area contributed by atoms with Crippen molar-refractivity contribution in [3.8, 4) is 11.4 Å². The first-order valence-corrected chi connectivity index (χ1v) is 4.22. The van der Waals surface area contributed by atoms with E-state index in [-0.39, 0.29) is 5.84 Å². The van der Waals surface area contributed by atoms with Crippen molar-refractivity contribution in [2.45, 2.75) is 0 Å². The maximum Gasteiger partial charge on any atom is 0.138 e. The number of hydrogen-bond donors (Lipinski definition) is 3. The van der Waals surface area contributed by atoms with Gasteiger partial charge in [0.15, 0.2) is 0 Å². The van der Waals surface area contributed by atoms with Gasteiger partial charge in [0.05, 0.1) is 0 Å². The first-order valence-electron chi connectivity index (χ1n) is 4.22. The Hall–Kier alpha value is -2.10. The van der Waals surface area contributed by atoms with E-state index < -0.39 is 0 Å². The van der Waals surface area contributed by atoms with Gasteiger partial charge in [-0.1, -0.05) is 24.3 Å². The number of nitrogens with zero attached hydrogens (tertiary/aromatic N) is 1. The van der Waals surface area contributed by atoms with E-state index in [1.807, 2.05) is 18.2 Å². The summed E-state index contributed by atoms with van der Waals surface area (Å²) in [5.74, 6) is 0.785. The van der Waals surface area contributed by atoms with Crippen LogP contribution in [0.15, 0.2) is 36.7 Å². The molecule has 2 rings (SSSR count). The number of nitrogens with one attached hydrogen (secondary N) is 2. The molecule has 0 spiro atoms. The fraction of sp³-hybridized carbons (Fsp3) is 0. The number of aromatic nitrogens is 2. The molecule has 0 aliphatic rings. The molecule has 0 amide bonds. The molecule has 0 bridgehead atoms. The number of nitrogens with two attached hydrogens (primary N) is 1. The molecule has 0 fully saturated rings. The Morgan fingerprint density at radius 1 is 1.36 bits per heavy atom. The summed E-state index contributed by atoms with van der Waals surface area (Å²) in [6, 6.07) is 7.43. The van der Waals surface area contributed by atoms with E-state index in [0.717, 1.165) is 11.4 Å². The summed E-state index contributed by atoms with van der Waals surface area (Å²) >= 11 is 0. The highest BCUT2D eigenvalue weighted by molar-refractivity contribution is 6.00.